The number of benzene rings is 1. The Morgan fingerprint density at radius 1 is 1.20 bits per heavy atom. The quantitative estimate of drug-likeness (QED) is 0.789. The van der Waals surface area contributed by atoms with Crippen molar-refractivity contribution in [2.75, 3.05) is 13.1 Å². The maximum Gasteiger partial charge on any atom is 0.0249 e. The monoisotopic (exact) mass is 267 g/mol. The summed E-state index contributed by atoms with van der Waals surface area (Å²) in [4.78, 5) is 2.56. The van der Waals surface area contributed by atoms with Crippen molar-refractivity contribution in [3.8, 4) is 0 Å². The van der Waals surface area contributed by atoms with Gasteiger partial charge in [0.05, 0.1) is 0 Å². The van der Waals surface area contributed by atoms with Crippen molar-refractivity contribution in [3.63, 3.8) is 0 Å². The van der Waals surface area contributed by atoms with Gasteiger partial charge in [0.15, 0.2) is 0 Å². The molecule has 1 saturated heterocycles. The summed E-state index contributed by atoms with van der Waals surface area (Å²) in [6.45, 7) is 5.78. The van der Waals surface area contributed by atoms with Crippen LogP contribution >= 0.6 is 15.9 Å². The summed E-state index contributed by atoms with van der Waals surface area (Å²) in [6.07, 6.45) is 4.14. The van der Waals surface area contributed by atoms with E-state index in [1.54, 1.807) is 0 Å². The summed E-state index contributed by atoms with van der Waals surface area (Å²) in [5.74, 6) is 0. The van der Waals surface area contributed by atoms with Crippen LogP contribution in [0.15, 0.2) is 22.7 Å². The average Bonchev–Trinajstić information content (AvgIpc) is 2.26. The lowest BCUT2D eigenvalue weighted by Crippen LogP contribution is -2.29. The van der Waals surface area contributed by atoms with E-state index < -0.39 is 0 Å². The Hall–Kier alpha value is -0.340. The van der Waals surface area contributed by atoms with Gasteiger partial charge in [-0.2, -0.15) is 0 Å². The maximum absolute atomic E-state index is 3.68. The van der Waals surface area contributed by atoms with Gasteiger partial charge in [0.25, 0.3) is 0 Å². The zero-order valence-electron chi connectivity index (χ0n) is 9.30. The second-order valence-electron chi connectivity index (χ2n) is 4.38. The molecule has 0 aliphatic carbocycles. The lowest BCUT2D eigenvalue weighted by atomic mass is 10.1. The predicted molar refractivity (Wildman–Crippen MR) is 68.0 cm³/mol. The zero-order valence-corrected chi connectivity index (χ0v) is 10.9. The molecule has 0 atom stereocenters. The van der Waals surface area contributed by atoms with E-state index >= 15 is 0 Å². The minimum atomic E-state index is 1.10. The number of nitrogens with zero attached hydrogens (tertiary/aromatic N) is 1. The molecule has 1 fully saturated rings. The van der Waals surface area contributed by atoms with Crippen molar-refractivity contribution < 1.29 is 0 Å². The second kappa shape index (κ2) is 5.13. The first-order valence-corrected chi connectivity index (χ1v) is 6.53. The molecule has 1 aliphatic rings. The molecule has 0 unspecified atom stereocenters. The Labute approximate surface area is 101 Å². The van der Waals surface area contributed by atoms with Gasteiger partial charge in [-0.05, 0) is 44.0 Å². The third-order valence-corrected chi connectivity index (χ3v) is 4.25. The van der Waals surface area contributed by atoms with Crippen LogP contribution in [-0.2, 0) is 6.54 Å². The van der Waals surface area contributed by atoms with E-state index in [0.717, 1.165) is 6.54 Å². The highest BCUT2D eigenvalue weighted by atomic mass is 79.9. The van der Waals surface area contributed by atoms with Crippen LogP contribution in [0.2, 0.25) is 0 Å². The fraction of sp³-hybridized carbons (Fsp3) is 0.538. The van der Waals surface area contributed by atoms with Crippen LogP contribution in [0.4, 0.5) is 0 Å². The third kappa shape index (κ3) is 2.82. The summed E-state index contributed by atoms with van der Waals surface area (Å²) in [5.41, 5.74) is 2.77. The van der Waals surface area contributed by atoms with Crippen LogP contribution in [0.5, 0.6) is 0 Å². The topological polar surface area (TPSA) is 3.24 Å². The highest BCUT2D eigenvalue weighted by molar-refractivity contribution is 9.10. The smallest absolute Gasteiger partial charge is 0.0249 e. The van der Waals surface area contributed by atoms with E-state index in [1.165, 1.54) is 48.0 Å². The number of aryl methyl sites for hydroxylation is 1. The summed E-state index contributed by atoms with van der Waals surface area (Å²) in [5, 5.41) is 0. The molecule has 1 aromatic carbocycles. The van der Waals surface area contributed by atoms with Gasteiger partial charge < -0.3 is 0 Å². The number of hydrogen-bond donors (Lipinski definition) is 0. The minimum Gasteiger partial charge on any atom is -0.299 e. The largest absolute Gasteiger partial charge is 0.299 e. The van der Waals surface area contributed by atoms with Gasteiger partial charge >= 0.3 is 0 Å². The molecule has 0 spiro atoms. The minimum absolute atomic E-state index is 1.10. The van der Waals surface area contributed by atoms with E-state index in [-0.39, 0.29) is 0 Å². The first-order valence-electron chi connectivity index (χ1n) is 5.74. The Bertz CT molecular complexity index is 329. The molecule has 0 amide bonds. The first-order chi connectivity index (χ1) is 7.27. The number of halogens is 1. The van der Waals surface area contributed by atoms with Crippen LogP contribution in [0, 0.1) is 6.92 Å². The molecule has 1 aromatic rings. The Kier molecular flexibility index (Phi) is 3.81. The molecular weight excluding hydrogens is 250 g/mol. The van der Waals surface area contributed by atoms with Crippen molar-refractivity contribution in [1.82, 2.24) is 4.90 Å². The van der Waals surface area contributed by atoms with Crippen LogP contribution in [-0.4, -0.2) is 18.0 Å². The Morgan fingerprint density at radius 3 is 2.67 bits per heavy atom. The fourth-order valence-corrected chi connectivity index (χ4v) is 2.58. The summed E-state index contributed by atoms with van der Waals surface area (Å²) in [6, 6.07) is 6.54. The van der Waals surface area contributed by atoms with Crippen molar-refractivity contribution in [3.05, 3.63) is 33.8 Å². The molecule has 0 saturated carbocycles. The SMILES string of the molecule is Cc1cccc(CN2CCCCC2)c1Br. The predicted octanol–water partition coefficient (Wildman–Crippen LogP) is 3.74. The van der Waals surface area contributed by atoms with Crippen LogP contribution in [0.25, 0.3) is 0 Å². The number of piperidine rings is 1. The van der Waals surface area contributed by atoms with E-state index in [1.807, 2.05) is 0 Å². The van der Waals surface area contributed by atoms with E-state index in [2.05, 4.69) is 46.0 Å². The third-order valence-electron chi connectivity index (χ3n) is 3.11. The summed E-state index contributed by atoms with van der Waals surface area (Å²) in [7, 11) is 0. The zero-order chi connectivity index (χ0) is 10.7. The molecule has 15 heavy (non-hydrogen) atoms. The van der Waals surface area contributed by atoms with Gasteiger partial charge in [0.1, 0.15) is 0 Å². The van der Waals surface area contributed by atoms with E-state index in [0.29, 0.717) is 0 Å². The lowest BCUT2D eigenvalue weighted by Gasteiger charge is -2.27. The highest BCUT2D eigenvalue weighted by Gasteiger charge is 2.12. The average molecular weight is 268 g/mol. The first kappa shape index (κ1) is 11.2. The van der Waals surface area contributed by atoms with Gasteiger partial charge in [0.2, 0.25) is 0 Å². The molecule has 0 aromatic heterocycles. The van der Waals surface area contributed by atoms with Crippen LogP contribution in [0.1, 0.15) is 30.4 Å². The van der Waals surface area contributed by atoms with Crippen LogP contribution < -0.4 is 0 Å². The molecular formula is C13H18BrN. The standard InChI is InChI=1S/C13H18BrN/c1-11-6-5-7-12(13(11)14)10-15-8-3-2-4-9-15/h5-7H,2-4,8-10H2,1H3. The highest BCUT2D eigenvalue weighted by Crippen LogP contribution is 2.23. The fourth-order valence-electron chi connectivity index (χ4n) is 2.19. The Balaban J connectivity index is 2.06. The number of hydrogen-bond acceptors (Lipinski definition) is 1. The molecule has 0 bridgehead atoms. The maximum atomic E-state index is 3.68. The molecule has 1 heterocycles. The molecule has 82 valence electrons. The van der Waals surface area contributed by atoms with Crippen molar-refractivity contribution in [2.24, 2.45) is 0 Å². The molecule has 2 rings (SSSR count). The van der Waals surface area contributed by atoms with Crippen molar-refractivity contribution in [1.29, 1.82) is 0 Å². The summed E-state index contributed by atoms with van der Waals surface area (Å²) >= 11 is 3.68. The Morgan fingerprint density at radius 2 is 1.93 bits per heavy atom. The van der Waals surface area contributed by atoms with E-state index in [9.17, 15) is 0 Å². The molecule has 0 radical (unpaired) electrons. The number of likely N-dealkylation sites (tertiary alicyclic amines) is 1. The lowest BCUT2D eigenvalue weighted by molar-refractivity contribution is 0.220. The molecule has 0 N–H and O–H groups in total. The van der Waals surface area contributed by atoms with Crippen molar-refractivity contribution >= 4 is 15.9 Å². The molecule has 1 nitrogen and oxygen atoms in total. The van der Waals surface area contributed by atoms with Gasteiger partial charge in [-0.3, -0.25) is 4.90 Å². The van der Waals surface area contributed by atoms with Gasteiger partial charge in [-0.1, -0.05) is 40.5 Å². The van der Waals surface area contributed by atoms with Gasteiger partial charge in [-0.25, -0.2) is 0 Å². The van der Waals surface area contributed by atoms with E-state index in [4.69, 9.17) is 0 Å². The van der Waals surface area contributed by atoms with Crippen LogP contribution in [0.3, 0.4) is 0 Å². The number of rotatable bonds is 2. The summed E-state index contributed by atoms with van der Waals surface area (Å²) < 4.78 is 1.29. The second-order valence-corrected chi connectivity index (χ2v) is 5.18. The van der Waals surface area contributed by atoms with Gasteiger partial charge in [0, 0.05) is 11.0 Å². The molecule has 1 aliphatic heterocycles. The molecule has 2 heteroatoms. The normalized spacial score (nSPS) is 18.0. The van der Waals surface area contributed by atoms with Gasteiger partial charge in [-0.15, -0.1) is 0 Å². The van der Waals surface area contributed by atoms with Crippen molar-refractivity contribution in [2.45, 2.75) is 32.7 Å².